The summed E-state index contributed by atoms with van der Waals surface area (Å²) in [6.45, 7) is 3.48. The number of benzene rings is 1. The second kappa shape index (κ2) is 7.73. The molecular weight excluding hydrogens is 350 g/mol. The lowest BCUT2D eigenvalue weighted by molar-refractivity contribution is 0.102. The van der Waals surface area contributed by atoms with E-state index in [0.717, 1.165) is 0 Å². The monoisotopic (exact) mass is 369 g/mol. The maximum Gasteiger partial charge on any atom is 0.274 e. The minimum Gasteiger partial charge on any atom is -0.497 e. The Hall–Kier alpha value is -3.62. The van der Waals surface area contributed by atoms with Crippen molar-refractivity contribution in [3.8, 4) is 11.5 Å². The van der Waals surface area contributed by atoms with E-state index in [9.17, 15) is 4.79 Å². The van der Waals surface area contributed by atoms with Crippen LogP contribution in [-0.4, -0.2) is 35.3 Å². The van der Waals surface area contributed by atoms with Crippen molar-refractivity contribution >= 4 is 23.2 Å². The number of carbonyl (C=O) groups excluding carboxylic acids is 1. The third-order valence-electron chi connectivity index (χ3n) is 3.61. The normalized spacial score (nSPS) is 10.4. The second-order valence-electron chi connectivity index (χ2n) is 5.65. The van der Waals surface area contributed by atoms with Crippen LogP contribution in [0.5, 0.6) is 11.5 Å². The lowest BCUT2D eigenvalue weighted by Gasteiger charge is -2.12. The van der Waals surface area contributed by atoms with Gasteiger partial charge in [-0.2, -0.15) is 0 Å². The predicted molar refractivity (Wildman–Crippen MR) is 98.8 cm³/mol. The molecule has 9 nitrogen and oxygen atoms in total. The molecule has 0 saturated heterocycles. The molecule has 0 unspecified atom stereocenters. The number of hydrogen-bond acceptors (Lipinski definition) is 8. The standard InChI is InChI=1S/C18H19N5O4/c1-10-7-17(23-27-10)22-16-9-14(19-11(2)20-16)18(24)21-13-6-5-12(25-3)8-15(13)26-4/h5-9H,1-4H3,(H,21,24)(H,19,20,22,23). The van der Waals surface area contributed by atoms with Crippen molar-refractivity contribution in [3.05, 3.63) is 47.6 Å². The largest absolute Gasteiger partial charge is 0.497 e. The van der Waals surface area contributed by atoms with Crippen LogP contribution in [0.1, 0.15) is 22.1 Å². The van der Waals surface area contributed by atoms with Gasteiger partial charge in [-0.05, 0) is 26.0 Å². The molecule has 2 heterocycles. The summed E-state index contributed by atoms with van der Waals surface area (Å²) in [4.78, 5) is 21.1. The first-order valence-electron chi connectivity index (χ1n) is 8.08. The number of aryl methyl sites for hydroxylation is 2. The highest BCUT2D eigenvalue weighted by atomic mass is 16.5. The van der Waals surface area contributed by atoms with Crippen LogP contribution in [0.15, 0.2) is 34.9 Å². The molecule has 0 atom stereocenters. The van der Waals surface area contributed by atoms with Crippen LogP contribution >= 0.6 is 0 Å². The molecule has 9 heteroatoms. The van der Waals surface area contributed by atoms with Gasteiger partial charge in [-0.1, -0.05) is 5.16 Å². The van der Waals surface area contributed by atoms with Crippen LogP contribution in [0.2, 0.25) is 0 Å². The van der Waals surface area contributed by atoms with E-state index in [1.807, 2.05) is 0 Å². The van der Waals surface area contributed by atoms with Crippen LogP contribution in [0.4, 0.5) is 17.3 Å². The maximum absolute atomic E-state index is 12.6. The van der Waals surface area contributed by atoms with Gasteiger partial charge < -0.3 is 24.6 Å². The van der Waals surface area contributed by atoms with Crippen LogP contribution < -0.4 is 20.1 Å². The number of ether oxygens (including phenoxy) is 2. The molecule has 0 aliphatic heterocycles. The summed E-state index contributed by atoms with van der Waals surface area (Å²) in [5.41, 5.74) is 0.698. The van der Waals surface area contributed by atoms with Gasteiger partial charge in [-0.25, -0.2) is 9.97 Å². The number of nitrogens with one attached hydrogen (secondary N) is 2. The molecule has 0 bridgehead atoms. The number of hydrogen-bond donors (Lipinski definition) is 2. The Kier molecular flexibility index (Phi) is 5.20. The van der Waals surface area contributed by atoms with Gasteiger partial charge in [0.2, 0.25) is 0 Å². The van der Waals surface area contributed by atoms with Gasteiger partial charge in [0.15, 0.2) is 5.82 Å². The number of rotatable bonds is 6. The van der Waals surface area contributed by atoms with Gasteiger partial charge in [-0.15, -0.1) is 0 Å². The SMILES string of the molecule is COc1ccc(NC(=O)c2cc(Nc3cc(C)on3)nc(C)n2)c(OC)c1. The molecule has 0 spiro atoms. The lowest BCUT2D eigenvalue weighted by Crippen LogP contribution is -2.16. The second-order valence-corrected chi connectivity index (χ2v) is 5.65. The molecule has 0 radical (unpaired) electrons. The highest BCUT2D eigenvalue weighted by Crippen LogP contribution is 2.29. The zero-order valence-corrected chi connectivity index (χ0v) is 15.4. The first-order chi connectivity index (χ1) is 13.0. The Morgan fingerprint density at radius 1 is 1.04 bits per heavy atom. The summed E-state index contributed by atoms with van der Waals surface area (Å²) < 4.78 is 15.5. The number of nitrogens with zero attached hydrogens (tertiary/aromatic N) is 3. The molecule has 140 valence electrons. The van der Waals surface area contributed by atoms with E-state index >= 15 is 0 Å². The lowest BCUT2D eigenvalue weighted by atomic mass is 10.2. The molecule has 1 aromatic carbocycles. The number of anilines is 3. The number of aromatic nitrogens is 3. The topological polar surface area (TPSA) is 111 Å². The van der Waals surface area contributed by atoms with E-state index in [-0.39, 0.29) is 5.69 Å². The van der Waals surface area contributed by atoms with Crippen molar-refractivity contribution in [2.45, 2.75) is 13.8 Å². The molecule has 3 rings (SSSR count). The molecule has 0 aliphatic rings. The van der Waals surface area contributed by atoms with Gasteiger partial charge in [-0.3, -0.25) is 4.79 Å². The van der Waals surface area contributed by atoms with E-state index in [4.69, 9.17) is 14.0 Å². The molecule has 3 aromatic rings. The van der Waals surface area contributed by atoms with Crippen molar-refractivity contribution in [1.29, 1.82) is 0 Å². The third kappa shape index (κ3) is 4.32. The van der Waals surface area contributed by atoms with Gasteiger partial charge in [0, 0.05) is 18.2 Å². The zero-order valence-electron chi connectivity index (χ0n) is 15.4. The van der Waals surface area contributed by atoms with E-state index in [1.54, 1.807) is 45.2 Å². The van der Waals surface area contributed by atoms with E-state index in [0.29, 0.717) is 40.4 Å². The minimum atomic E-state index is -0.400. The van der Waals surface area contributed by atoms with Crippen LogP contribution in [0, 0.1) is 13.8 Å². The van der Waals surface area contributed by atoms with Crippen molar-refractivity contribution in [2.75, 3.05) is 24.9 Å². The molecular formula is C18H19N5O4. The Morgan fingerprint density at radius 3 is 2.52 bits per heavy atom. The van der Waals surface area contributed by atoms with E-state index in [2.05, 4.69) is 25.8 Å². The summed E-state index contributed by atoms with van der Waals surface area (Å²) in [5, 5.41) is 9.61. The van der Waals surface area contributed by atoms with E-state index < -0.39 is 5.91 Å². The number of amides is 1. The summed E-state index contributed by atoms with van der Waals surface area (Å²) in [6, 6.07) is 8.35. The molecule has 27 heavy (non-hydrogen) atoms. The molecule has 2 aromatic heterocycles. The van der Waals surface area contributed by atoms with Crippen molar-refractivity contribution in [1.82, 2.24) is 15.1 Å². The molecule has 0 aliphatic carbocycles. The molecule has 0 fully saturated rings. The van der Waals surface area contributed by atoms with Crippen LogP contribution in [0.3, 0.4) is 0 Å². The summed E-state index contributed by atoms with van der Waals surface area (Å²) in [7, 11) is 3.07. The van der Waals surface area contributed by atoms with Gasteiger partial charge in [0.05, 0.1) is 19.9 Å². The first kappa shape index (κ1) is 18.2. The zero-order chi connectivity index (χ0) is 19.4. The quantitative estimate of drug-likeness (QED) is 0.682. The van der Waals surface area contributed by atoms with Crippen LogP contribution in [0.25, 0.3) is 0 Å². The van der Waals surface area contributed by atoms with Gasteiger partial charge >= 0.3 is 0 Å². The summed E-state index contributed by atoms with van der Waals surface area (Å²) in [5.74, 6) is 2.72. The van der Waals surface area contributed by atoms with Crippen molar-refractivity contribution < 1.29 is 18.8 Å². The fraction of sp³-hybridized carbons (Fsp3) is 0.222. The van der Waals surface area contributed by atoms with Crippen LogP contribution in [-0.2, 0) is 0 Å². The Balaban J connectivity index is 1.82. The van der Waals surface area contributed by atoms with Gasteiger partial charge in [0.25, 0.3) is 5.91 Å². The van der Waals surface area contributed by atoms with E-state index in [1.165, 1.54) is 13.2 Å². The highest BCUT2D eigenvalue weighted by Gasteiger charge is 2.14. The fourth-order valence-electron chi connectivity index (χ4n) is 2.39. The highest BCUT2D eigenvalue weighted by molar-refractivity contribution is 6.04. The smallest absolute Gasteiger partial charge is 0.274 e. The van der Waals surface area contributed by atoms with Crippen molar-refractivity contribution in [2.24, 2.45) is 0 Å². The first-order valence-corrected chi connectivity index (χ1v) is 8.08. The fourth-order valence-corrected chi connectivity index (χ4v) is 2.39. The Bertz CT molecular complexity index is 970. The third-order valence-corrected chi connectivity index (χ3v) is 3.61. The molecule has 2 N–H and O–H groups in total. The minimum absolute atomic E-state index is 0.197. The molecule has 1 amide bonds. The maximum atomic E-state index is 12.6. The Labute approximate surface area is 155 Å². The summed E-state index contributed by atoms with van der Waals surface area (Å²) in [6.07, 6.45) is 0. The average molecular weight is 369 g/mol. The van der Waals surface area contributed by atoms with Crippen molar-refractivity contribution in [3.63, 3.8) is 0 Å². The number of methoxy groups -OCH3 is 2. The average Bonchev–Trinajstić information content (AvgIpc) is 3.06. The van der Waals surface area contributed by atoms with Gasteiger partial charge in [0.1, 0.15) is 34.6 Å². The predicted octanol–water partition coefficient (Wildman–Crippen LogP) is 3.09. The molecule has 0 saturated carbocycles. The Morgan fingerprint density at radius 2 is 1.85 bits per heavy atom. The number of carbonyl (C=O) groups is 1. The summed E-state index contributed by atoms with van der Waals surface area (Å²) >= 11 is 0.